The van der Waals surface area contributed by atoms with Crippen molar-refractivity contribution in [3.63, 3.8) is 0 Å². The summed E-state index contributed by atoms with van der Waals surface area (Å²) in [6, 6.07) is 12.2. The Labute approximate surface area is 257 Å². The molecule has 2 aromatic carbocycles. The lowest BCUT2D eigenvalue weighted by Gasteiger charge is -2.31. The molecule has 0 saturated carbocycles. The van der Waals surface area contributed by atoms with Crippen molar-refractivity contribution in [2.45, 2.75) is 56.6 Å². The molecule has 13 heteroatoms. The van der Waals surface area contributed by atoms with E-state index in [9.17, 15) is 31.5 Å². The van der Waals surface area contributed by atoms with Gasteiger partial charge in [0.25, 0.3) is 0 Å². The number of carbonyl (C=O) groups excluding carboxylic acids is 1. The highest BCUT2D eigenvalue weighted by Crippen LogP contribution is 2.25. The van der Waals surface area contributed by atoms with Crippen LogP contribution >= 0.6 is 0 Å². The number of halogens is 3. The van der Waals surface area contributed by atoms with Gasteiger partial charge in [-0.05, 0) is 43.0 Å². The number of sulfonamides is 1. The number of rotatable bonds is 20. The minimum Gasteiger partial charge on any atom is -0.497 e. The average molecular weight is 642 g/mol. The van der Waals surface area contributed by atoms with Crippen LogP contribution in [0.5, 0.6) is 11.5 Å². The molecule has 0 aliphatic rings. The number of alkyl halides is 3. The molecular weight excluding hydrogens is 599 g/mol. The van der Waals surface area contributed by atoms with Gasteiger partial charge in [0.2, 0.25) is 15.9 Å². The summed E-state index contributed by atoms with van der Waals surface area (Å²) < 4.78 is 75.5. The normalized spacial score (nSPS) is 14.0. The molecule has 3 N–H and O–H groups in total. The predicted octanol–water partition coefficient (Wildman–Crippen LogP) is 3.99. The Morgan fingerprint density at radius 3 is 2.45 bits per heavy atom. The molecule has 0 aliphatic carbocycles. The molecule has 0 saturated heterocycles. The smallest absolute Gasteiger partial charge is 0.390 e. The van der Waals surface area contributed by atoms with Crippen LogP contribution in [0.25, 0.3) is 0 Å². The summed E-state index contributed by atoms with van der Waals surface area (Å²) in [6.45, 7) is 7.87. The van der Waals surface area contributed by atoms with E-state index in [1.54, 1.807) is 43.5 Å². The maximum Gasteiger partial charge on any atom is 0.390 e. The first kappa shape index (κ1) is 36.8. The van der Waals surface area contributed by atoms with Crippen LogP contribution in [0.15, 0.2) is 73.8 Å². The van der Waals surface area contributed by atoms with E-state index in [1.165, 1.54) is 6.08 Å². The van der Waals surface area contributed by atoms with Gasteiger partial charge in [-0.1, -0.05) is 49.1 Å². The highest BCUT2D eigenvalue weighted by molar-refractivity contribution is 7.89. The number of nitrogens with one attached hydrogen (secondary N) is 2. The molecule has 2 aromatic rings. The molecule has 0 bridgehead atoms. The molecule has 0 aliphatic heterocycles. The van der Waals surface area contributed by atoms with Crippen molar-refractivity contribution in [1.29, 1.82) is 0 Å². The van der Waals surface area contributed by atoms with E-state index in [2.05, 4.69) is 23.8 Å². The lowest BCUT2D eigenvalue weighted by molar-refractivity contribution is -0.130. The summed E-state index contributed by atoms with van der Waals surface area (Å²) in [7, 11) is -1.80. The van der Waals surface area contributed by atoms with Gasteiger partial charge < -0.3 is 25.2 Å². The number of hydrogen-bond acceptors (Lipinski definition) is 7. The Balaban J connectivity index is 2.23. The molecule has 3 atom stereocenters. The summed E-state index contributed by atoms with van der Waals surface area (Å²) in [5.74, 6) is -0.713. The fourth-order valence-electron chi connectivity index (χ4n) is 4.37. The first-order valence-electron chi connectivity index (χ1n) is 14.1. The quantitative estimate of drug-likeness (QED) is 0.187. The van der Waals surface area contributed by atoms with E-state index in [-0.39, 0.29) is 32.4 Å². The number of aliphatic hydroxyl groups is 1. The summed E-state index contributed by atoms with van der Waals surface area (Å²) in [5.41, 5.74) is 1.57. The Kier molecular flexibility index (Phi) is 14.9. The molecule has 0 fully saturated rings. The summed E-state index contributed by atoms with van der Waals surface area (Å²) >= 11 is 0. The number of ether oxygens (including phenoxy) is 2. The molecule has 0 aromatic heterocycles. The van der Waals surface area contributed by atoms with Crippen molar-refractivity contribution in [1.82, 2.24) is 14.9 Å². The van der Waals surface area contributed by atoms with Gasteiger partial charge in [-0.3, -0.25) is 4.79 Å². The van der Waals surface area contributed by atoms with Crippen molar-refractivity contribution in [3.05, 3.63) is 85.0 Å². The van der Waals surface area contributed by atoms with E-state index in [1.807, 2.05) is 18.2 Å². The van der Waals surface area contributed by atoms with Crippen LogP contribution in [0.4, 0.5) is 13.2 Å². The topological polar surface area (TPSA) is 117 Å². The molecule has 9 nitrogen and oxygen atoms in total. The van der Waals surface area contributed by atoms with Gasteiger partial charge in [0, 0.05) is 25.7 Å². The molecule has 2 rings (SSSR count). The Hall–Kier alpha value is -3.39. The molecular formula is C31H42F3N3O6S. The second kappa shape index (κ2) is 17.8. The molecule has 0 unspecified atom stereocenters. The Morgan fingerprint density at radius 1 is 1.14 bits per heavy atom. The fraction of sp³-hybridized carbons (Fsp3) is 0.452. The number of methoxy groups -OCH3 is 1. The third kappa shape index (κ3) is 12.3. The SMILES string of the molecule is C=CCC[C@@H](C(=O)N[C@@H](Cc1ccccc1)[C@H](O)CNCc1cc(OC)ccc1OCC=C)N(C)S(=O)(=O)CCC(F)(F)F. The number of allylic oxidation sites excluding steroid dienone is 1. The minimum atomic E-state index is -4.67. The van der Waals surface area contributed by atoms with Gasteiger partial charge in [0.05, 0.1) is 31.4 Å². The third-order valence-electron chi connectivity index (χ3n) is 6.85. The second-order valence-corrected chi connectivity index (χ2v) is 12.3. The maximum absolute atomic E-state index is 13.5. The predicted molar refractivity (Wildman–Crippen MR) is 164 cm³/mol. The zero-order valence-electron chi connectivity index (χ0n) is 25.1. The number of carbonyl (C=O) groups is 1. The van der Waals surface area contributed by atoms with Crippen molar-refractivity contribution in [3.8, 4) is 11.5 Å². The molecule has 244 valence electrons. The molecule has 1 amide bonds. The highest BCUT2D eigenvalue weighted by Gasteiger charge is 2.36. The summed E-state index contributed by atoms with van der Waals surface area (Å²) in [4.78, 5) is 13.5. The maximum atomic E-state index is 13.5. The zero-order valence-corrected chi connectivity index (χ0v) is 25.9. The van der Waals surface area contributed by atoms with Crippen molar-refractivity contribution < 1.29 is 41.0 Å². The van der Waals surface area contributed by atoms with Crippen molar-refractivity contribution in [2.75, 3.05) is 33.1 Å². The van der Waals surface area contributed by atoms with E-state index in [4.69, 9.17) is 9.47 Å². The van der Waals surface area contributed by atoms with E-state index >= 15 is 0 Å². The monoisotopic (exact) mass is 641 g/mol. The van der Waals surface area contributed by atoms with Crippen LogP contribution < -0.4 is 20.1 Å². The Morgan fingerprint density at radius 2 is 1.84 bits per heavy atom. The van der Waals surface area contributed by atoms with Crippen molar-refractivity contribution >= 4 is 15.9 Å². The van der Waals surface area contributed by atoms with Gasteiger partial charge in [-0.2, -0.15) is 17.5 Å². The molecule has 0 heterocycles. The van der Waals surface area contributed by atoms with E-state index in [0.717, 1.165) is 18.2 Å². The highest BCUT2D eigenvalue weighted by atomic mass is 32.2. The molecule has 44 heavy (non-hydrogen) atoms. The Bertz CT molecular complexity index is 1310. The molecule has 0 radical (unpaired) electrons. The van der Waals surface area contributed by atoms with E-state index in [0.29, 0.717) is 22.4 Å². The van der Waals surface area contributed by atoms with E-state index < -0.39 is 52.5 Å². The number of aliphatic hydroxyl groups excluding tert-OH is 1. The second-order valence-electron chi connectivity index (χ2n) is 10.2. The number of likely N-dealkylation sites (N-methyl/N-ethyl adjacent to an activating group) is 1. The van der Waals surface area contributed by atoms with Crippen LogP contribution in [0.1, 0.15) is 30.4 Å². The number of benzene rings is 2. The number of hydrogen-bond donors (Lipinski definition) is 3. The van der Waals surface area contributed by atoms with Gasteiger partial charge in [0.1, 0.15) is 24.1 Å². The van der Waals surface area contributed by atoms with Crippen LogP contribution in [0.2, 0.25) is 0 Å². The van der Waals surface area contributed by atoms with Crippen LogP contribution in [-0.4, -0.2) is 81.2 Å². The number of nitrogens with zero attached hydrogens (tertiary/aromatic N) is 1. The first-order valence-corrected chi connectivity index (χ1v) is 15.7. The third-order valence-corrected chi connectivity index (χ3v) is 8.70. The molecule has 0 spiro atoms. The fourth-order valence-corrected chi connectivity index (χ4v) is 5.74. The van der Waals surface area contributed by atoms with Crippen LogP contribution in [0.3, 0.4) is 0 Å². The summed E-state index contributed by atoms with van der Waals surface area (Å²) in [6.07, 6.45) is -3.80. The van der Waals surface area contributed by atoms with Crippen LogP contribution in [0, 0.1) is 0 Å². The average Bonchev–Trinajstić information content (AvgIpc) is 2.99. The zero-order chi connectivity index (χ0) is 32.8. The lowest BCUT2D eigenvalue weighted by Crippen LogP contribution is -2.55. The lowest BCUT2D eigenvalue weighted by atomic mass is 10.00. The van der Waals surface area contributed by atoms with Gasteiger partial charge >= 0.3 is 6.18 Å². The number of amides is 1. The van der Waals surface area contributed by atoms with Crippen LogP contribution in [-0.2, 0) is 27.8 Å². The largest absolute Gasteiger partial charge is 0.497 e. The van der Waals surface area contributed by atoms with Gasteiger partial charge in [-0.15, -0.1) is 6.58 Å². The first-order chi connectivity index (χ1) is 20.8. The minimum absolute atomic E-state index is 0.00713. The van der Waals surface area contributed by atoms with Gasteiger partial charge in [-0.25, -0.2) is 8.42 Å². The van der Waals surface area contributed by atoms with Gasteiger partial charge in [0.15, 0.2) is 0 Å². The standard InChI is InChI=1S/C31H42F3N3O6S/c1-5-7-13-27(37(3)44(40,41)18-16-31(32,33)34)30(39)36-26(19-23-11-9-8-10-12-23)28(38)22-35-21-24-20-25(42-4)14-15-29(24)43-17-6-2/h5-6,8-12,14-15,20,26-28,35,38H,1-2,7,13,16-19,21-22H2,3-4H3,(H,36,39)/t26-,27-,28+/m0/s1. The van der Waals surface area contributed by atoms with Crippen molar-refractivity contribution in [2.24, 2.45) is 0 Å². The summed E-state index contributed by atoms with van der Waals surface area (Å²) in [5, 5.41) is 17.1.